The summed E-state index contributed by atoms with van der Waals surface area (Å²) < 4.78 is 0. The van der Waals surface area contributed by atoms with Gasteiger partial charge in [-0.05, 0) is 43.9 Å². The first-order chi connectivity index (χ1) is 9.83. The van der Waals surface area contributed by atoms with Crippen molar-refractivity contribution in [2.45, 2.75) is 38.1 Å². The average Bonchev–Trinajstić information content (AvgIpc) is 3.42. The van der Waals surface area contributed by atoms with Crippen LogP contribution in [0, 0.1) is 17.8 Å². The van der Waals surface area contributed by atoms with Crippen LogP contribution in [0.15, 0.2) is 0 Å². The van der Waals surface area contributed by atoms with Crippen LogP contribution in [0.3, 0.4) is 0 Å². The summed E-state index contributed by atoms with van der Waals surface area (Å²) >= 11 is 0. The SMILES string of the molecule is Cl.O=C(C(C1CC1)C1CC1)N1CCC(N2CCNCC2)C1. The fourth-order valence-corrected chi connectivity index (χ4v) is 4.20. The highest BCUT2D eigenvalue weighted by Gasteiger charge is 2.47. The first-order valence-electron chi connectivity index (χ1n) is 8.56. The van der Waals surface area contributed by atoms with E-state index in [9.17, 15) is 4.79 Å². The van der Waals surface area contributed by atoms with Gasteiger partial charge in [-0.1, -0.05) is 0 Å². The molecular formula is C16H28ClN3O. The number of carbonyl (C=O) groups excluding carboxylic acids is 1. The van der Waals surface area contributed by atoms with Crippen molar-refractivity contribution in [1.29, 1.82) is 0 Å². The highest BCUT2D eigenvalue weighted by molar-refractivity contribution is 5.85. The molecular weight excluding hydrogens is 286 g/mol. The lowest BCUT2D eigenvalue weighted by molar-refractivity contribution is -0.136. The topological polar surface area (TPSA) is 35.6 Å². The minimum Gasteiger partial charge on any atom is -0.341 e. The summed E-state index contributed by atoms with van der Waals surface area (Å²) in [6, 6.07) is 0.625. The van der Waals surface area contributed by atoms with Gasteiger partial charge < -0.3 is 10.2 Å². The fraction of sp³-hybridized carbons (Fsp3) is 0.938. The molecule has 2 heterocycles. The van der Waals surface area contributed by atoms with Crippen molar-refractivity contribution in [2.24, 2.45) is 17.8 Å². The van der Waals surface area contributed by atoms with E-state index in [0.717, 1.165) is 51.1 Å². The fourth-order valence-electron chi connectivity index (χ4n) is 4.20. The molecule has 4 rings (SSSR count). The number of hydrogen-bond acceptors (Lipinski definition) is 3. The second-order valence-corrected chi connectivity index (χ2v) is 7.21. The van der Waals surface area contributed by atoms with E-state index in [2.05, 4.69) is 15.1 Å². The third kappa shape index (κ3) is 3.38. The molecule has 0 aromatic carbocycles. The Bertz CT molecular complexity index is 366. The van der Waals surface area contributed by atoms with Gasteiger partial charge in [0.1, 0.15) is 0 Å². The van der Waals surface area contributed by atoms with Crippen LogP contribution in [-0.2, 0) is 4.79 Å². The molecule has 0 spiro atoms. The number of amides is 1. The van der Waals surface area contributed by atoms with E-state index < -0.39 is 0 Å². The van der Waals surface area contributed by atoms with Crippen LogP contribution >= 0.6 is 12.4 Å². The van der Waals surface area contributed by atoms with Crippen molar-refractivity contribution < 1.29 is 4.79 Å². The Morgan fingerprint density at radius 3 is 2.14 bits per heavy atom. The number of halogens is 1. The maximum absolute atomic E-state index is 12.8. The highest BCUT2D eigenvalue weighted by atomic mass is 35.5. The molecule has 1 amide bonds. The number of nitrogens with zero attached hydrogens (tertiary/aromatic N) is 2. The summed E-state index contributed by atoms with van der Waals surface area (Å²) in [7, 11) is 0. The van der Waals surface area contributed by atoms with Gasteiger partial charge in [-0.2, -0.15) is 0 Å². The van der Waals surface area contributed by atoms with Gasteiger partial charge in [0, 0.05) is 51.2 Å². The molecule has 0 bridgehead atoms. The molecule has 0 aromatic heterocycles. The van der Waals surface area contributed by atoms with Gasteiger partial charge in [0.25, 0.3) is 0 Å². The normalized spacial score (nSPS) is 30.5. The van der Waals surface area contributed by atoms with E-state index in [-0.39, 0.29) is 12.4 Å². The van der Waals surface area contributed by atoms with Gasteiger partial charge in [0.15, 0.2) is 0 Å². The summed E-state index contributed by atoms with van der Waals surface area (Å²) in [5, 5.41) is 3.41. The van der Waals surface area contributed by atoms with Gasteiger partial charge in [-0.3, -0.25) is 9.69 Å². The zero-order valence-corrected chi connectivity index (χ0v) is 13.6. The van der Waals surface area contributed by atoms with Crippen molar-refractivity contribution in [2.75, 3.05) is 39.3 Å². The van der Waals surface area contributed by atoms with Crippen LogP contribution in [0.4, 0.5) is 0 Å². The number of nitrogens with one attached hydrogen (secondary N) is 1. The van der Waals surface area contributed by atoms with Gasteiger partial charge in [-0.25, -0.2) is 0 Å². The Balaban J connectivity index is 0.00000132. The Morgan fingerprint density at radius 1 is 0.952 bits per heavy atom. The van der Waals surface area contributed by atoms with Crippen LogP contribution in [0.1, 0.15) is 32.1 Å². The Kier molecular flexibility index (Phi) is 4.77. The molecule has 4 aliphatic rings. The molecule has 4 nitrogen and oxygen atoms in total. The molecule has 0 aromatic rings. The molecule has 120 valence electrons. The van der Waals surface area contributed by atoms with E-state index in [1.165, 1.54) is 32.1 Å². The number of rotatable bonds is 4. The summed E-state index contributed by atoms with van der Waals surface area (Å²) in [5.74, 6) is 2.39. The van der Waals surface area contributed by atoms with E-state index >= 15 is 0 Å². The van der Waals surface area contributed by atoms with Crippen molar-refractivity contribution in [3.63, 3.8) is 0 Å². The van der Waals surface area contributed by atoms with Crippen molar-refractivity contribution >= 4 is 18.3 Å². The van der Waals surface area contributed by atoms with E-state index in [1.54, 1.807) is 0 Å². The molecule has 2 aliphatic heterocycles. The molecule has 1 N–H and O–H groups in total. The molecule has 2 saturated carbocycles. The molecule has 21 heavy (non-hydrogen) atoms. The lowest BCUT2D eigenvalue weighted by atomic mass is 9.96. The van der Waals surface area contributed by atoms with E-state index in [1.807, 2.05) is 0 Å². The Morgan fingerprint density at radius 2 is 1.57 bits per heavy atom. The standard InChI is InChI=1S/C16H27N3O.ClH/c20-16(15(12-1-2-12)13-3-4-13)19-8-5-14(11-19)18-9-6-17-7-10-18;/h12-15,17H,1-11H2;1H. The maximum Gasteiger partial charge on any atom is 0.226 e. The molecule has 1 unspecified atom stereocenters. The third-order valence-corrected chi connectivity index (χ3v) is 5.69. The minimum atomic E-state index is 0. The number of likely N-dealkylation sites (tertiary alicyclic amines) is 1. The summed E-state index contributed by atoms with van der Waals surface area (Å²) in [4.78, 5) is 17.6. The van der Waals surface area contributed by atoms with Crippen molar-refractivity contribution in [3.8, 4) is 0 Å². The van der Waals surface area contributed by atoms with E-state index in [4.69, 9.17) is 0 Å². The first-order valence-corrected chi connectivity index (χ1v) is 8.56. The lowest BCUT2D eigenvalue weighted by Gasteiger charge is -2.33. The third-order valence-electron chi connectivity index (χ3n) is 5.69. The quantitative estimate of drug-likeness (QED) is 0.851. The Labute approximate surface area is 134 Å². The van der Waals surface area contributed by atoms with Crippen LogP contribution in [-0.4, -0.2) is 61.0 Å². The Hall–Kier alpha value is -0.320. The second kappa shape index (κ2) is 6.43. The molecule has 1 atom stereocenters. The van der Waals surface area contributed by atoms with Gasteiger partial charge in [0.2, 0.25) is 5.91 Å². The molecule has 2 saturated heterocycles. The average molecular weight is 314 g/mol. The van der Waals surface area contributed by atoms with Crippen molar-refractivity contribution in [3.05, 3.63) is 0 Å². The smallest absolute Gasteiger partial charge is 0.226 e. The summed E-state index contributed by atoms with van der Waals surface area (Å²) in [5.41, 5.74) is 0. The van der Waals surface area contributed by atoms with Crippen LogP contribution in [0.2, 0.25) is 0 Å². The first kappa shape index (κ1) is 15.6. The van der Waals surface area contributed by atoms with Gasteiger partial charge in [-0.15, -0.1) is 12.4 Å². The maximum atomic E-state index is 12.8. The van der Waals surface area contributed by atoms with Crippen LogP contribution in [0.25, 0.3) is 0 Å². The molecule has 0 radical (unpaired) electrons. The number of hydrogen-bond donors (Lipinski definition) is 1. The summed E-state index contributed by atoms with van der Waals surface area (Å²) in [6.07, 6.45) is 6.42. The van der Waals surface area contributed by atoms with Crippen molar-refractivity contribution in [1.82, 2.24) is 15.1 Å². The summed E-state index contributed by atoms with van der Waals surface area (Å²) in [6.45, 7) is 6.52. The monoisotopic (exact) mass is 313 g/mol. The highest BCUT2D eigenvalue weighted by Crippen LogP contribution is 2.50. The van der Waals surface area contributed by atoms with Crippen LogP contribution < -0.4 is 5.32 Å². The number of piperazine rings is 1. The zero-order valence-electron chi connectivity index (χ0n) is 12.8. The number of carbonyl (C=O) groups is 1. The lowest BCUT2D eigenvalue weighted by Crippen LogP contribution is -2.49. The molecule has 2 aliphatic carbocycles. The largest absolute Gasteiger partial charge is 0.341 e. The van der Waals surface area contributed by atoms with Gasteiger partial charge >= 0.3 is 0 Å². The van der Waals surface area contributed by atoms with E-state index in [0.29, 0.717) is 17.9 Å². The second-order valence-electron chi connectivity index (χ2n) is 7.21. The minimum absolute atomic E-state index is 0. The zero-order chi connectivity index (χ0) is 13.5. The predicted molar refractivity (Wildman–Crippen MR) is 85.6 cm³/mol. The van der Waals surface area contributed by atoms with Crippen LogP contribution in [0.5, 0.6) is 0 Å². The molecule has 5 heteroatoms. The molecule has 4 fully saturated rings. The van der Waals surface area contributed by atoms with Gasteiger partial charge in [0.05, 0.1) is 0 Å². The predicted octanol–water partition coefficient (Wildman–Crippen LogP) is 1.35.